The lowest BCUT2D eigenvalue weighted by atomic mass is 10.0. The van der Waals surface area contributed by atoms with Crippen molar-refractivity contribution in [3.05, 3.63) is 30.3 Å². The van der Waals surface area contributed by atoms with Crippen molar-refractivity contribution >= 4 is 17.5 Å². The summed E-state index contributed by atoms with van der Waals surface area (Å²) in [6, 6.07) is 7.87. The van der Waals surface area contributed by atoms with Gasteiger partial charge in [0.2, 0.25) is 11.8 Å². The zero-order valence-electron chi connectivity index (χ0n) is 16.6. The third kappa shape index (κ3) is 8.51. The van der Waals surface area contributed by atoms with Crippen molar-refractivity contribution in [2.75, 3.05) is 18.5 Å². The van der Waals surface area contributed by atoms with Crippen molar-refractivity contribution in [1.82, 2.24) is 10.6 Å². The number of aliphatic hydroxyl groups is 2. The molecular formula is C20H33N3O4. The smallest absolute Gasteiger partial charge is 0.246 e. The first-order valence-corrected chi connectivity index (χ1v) is 9.43. The summed E-state index contributed by atoms with van der Waals surface area (Å²) in [5, 5.41) is 27.1. The van der Waals surface area contributed by atoms with Crippen LogP contribution in [0.4, 0.5) is 5.69 Å². The Labute approximate surface area is 161 Å². The van der Waals surface area contributed by atoms with Gasteiger partial charge in [0.05, 0.1) is 18.8 Å². The van der Waals surface area contributed by atoms with Gasteiger partial charge in [0.15, 0.2) is 0 Å². The fraction of sp³-hybridized carbons (Fsp3) is 0.600. The number of rotatable bonds is 11. The lowest BCUT2D eigenvalue weighted by Gasteiger charge is -2.26. The summed E-state index contributed by atoms with van der Waals surface area (Å²) in [5.41, 5.74) is 0.676. The number of aliphatic hydroxyl groups excluding tert-OH is 2. The molecule has 152 valence electrons. The second-order valence-electron chi connectivity index (χ2n) is 7.51. The van der Waals surface area contributed by atoms with E-state index in [1.165, 1.54) is 0 Å². The minimum absolute atomic E-state index is 0.0484. The number of carbonyl (C=O) groups is 2. The van der Waals surface area contributed by atoms with Gasteiger partial charge in [-0.05, 0) is 30.4 Å². The maximum Gasteiger partial charge on any atom is 0.246 e. The molecular weight excluding hydrogens is 352 g/mol. The first-order chi connectivity index (χ1) is 12.7. The molecule has 5 N–H and O–H groups in total. The van der Waals surface area contributed by atoms with Crippen LogP contribution >= 0.6 is 0 Å². The van der Waals surface area contributed by atoms with Gasteiger partial charge in [0.25, 0.3) is 0 Å². The van der Waals surface area contributed by atoms with E-state index in [1.807, 2.05) is 45.9 Å². The predicted octanol–water partition coefficient (Wildman–Crippen LogP) is 1.12. The molecule has 1 aromatic rings. The maximum absolute atomic E-state index is 12.7. The predicted molar refractivity (Wildman–Crippen MR) is 106 cm³/mol. The topological polar surface area (TPSA) is 111 Å². The summed E-state index contributed by atoms with van der Waals surface area (Å²) >= 11 is 0. The normalized spacial score (nSPS) is 14.7. The van der Waals surface area contributed by atoms with E-state index in [0.717, 1.165) is 0 Å². The van der Waals surface area contributed by atoms with Crippen LogP contribution in [-0.4, -0.2) is 53.4 Å². The van der Waals surface area contributed by atoms with Crippen LogP contribution < -0.4 is 16.0 Å². The third-order valence-electron chi connectivity index (χ3n) is 4.11. The molecule has 7 heteroatoms. The van der Waals surface area contributed by atoms with Crippen molar-refractivity contribution in [3.8, 4) is 0 Å². The molecule has 0 heterocycles. The van der Waals surface area contributed by atoms with E-state index < -0.39 is 18.2 Å². The molecule has 7 nitrogen and oxygen atoms in total. The Morgan fingerprint density at radius 1 is 1.04 bits per heavy atom. The minimum Gasteiger partial charge on any atom is -0.394 e. The fourth-order valence-corrected chi connectivity index (χ4v) is 2.67. The van der Waals surface area contributed by atoms with E-state index in [0.29, 0.717) is 12.1 Å². The second kappa shape index (κ2) is 11.7. The highest BCUT2D eigenvalue weighted by molar-refractivity contribution is 5.97. The van der Waals surface area contributed by atoms with E-state index in [9.17, 15) is 14.7 Å². The van der Waals surface area contributed by atoms with Crippen molar-refractivity contribution in [3.63, 3.8) is 0 Å². The molecule has 0 aliphatic heterocycles. The summed E-state index contributed by atoms with van der Waals surface area (Å²) in [4.78, 5) is 25.4. The number of para-hydroxylation sites is 1. The Kier molecular flexibility index (Phi) is 9.99. The van der Waals surface area contributed by atoms with Crippen molar-refractivity contribution in [2.45, 2.75) is 52.3 Å². The Hall–Kier alpha value is -1.96. The first kappa shape index (κ1) is 23.1. The standard InChI is InChI=1S/C20H33N3O4/c1-13(2)10-17(19(26)22-15-8-6-5-7-9-15)23-20(27)18(14(3)4)21-11-16(25)12-24/h5-9,13-14,16-18,21,24-25H,10-12H2,1-4H3,(H,22,26)(H,23,27)/t16?,17-,18-/m0/s1/i3+1,4+1,14+1,18+1,20+1,21+1. The van der Waals surface area contributed by atoms with Gasteiger partial charge in [-0.15, -0.1) is 0 Å². The van der Waals surface area contributed by atoms with Crippen molar-refractivity contribution in [1.29, 1.82) is 0 Å². The molecule has 3 atom stereocenters. The van der Waals surface area contributed by atoms with Gasteiger partial charge >= 0.3 is 0 Å². The fourth-order valence-electron chi connectivity index (χ4n) is 2.67. The number of benzene rings is 1. The molecule has 0 radical (unpaired) electrons. The van der Waals surface area contributed by atoms with E-state index in [2.05, 4.69) is 16.0 Å². The van der Waals surface area contributed by atoms with E-state index >= 15 is 0 Å². The van der Waals surface area contributed by atoms with Gasteiger partial charge in [-0.2, -0.15) is 0 Å². The lowest BCUT2D eigenvalue weighted by Crippen LogP contribution is -2.54. The molecule has 1 unspecified atom stereocenters. The molecule has 0 saturated carbocycles. The number of anilines is 1. The SMILES string of the molecule is CC(C)C[C@H](N[13C](=O)[13C@@H]([15NH]CC(O)CO)[13CH]([13CH3])[13CH3])C(=O)Nc1ccccc1. The molecule has 1 rings (SSSR count). The number of hydrogen-bond acceptors (Lipinski definition) is 5. The van der Waals surface area contributed by atoms with Crippen LogP contribution in [0.5, 0.6) is 0 Å². The summed E-state index contributed by atoms with van der Waals surface area (Å²) in [7, 11) is 0. The minimum atomic E-state index is -0.938. The molecule has 1 aromatic carbocycles. The second-order valence-corrected chi connectivity index (χ2v) is 7.51. The molecule has 0 aromatic heterocycles. The summed E-state index contributed by atoms with van der Waals surface area (Å²) in [6.07, 6.45) is -0.430. The molecule has 0 saturated heterocycles. The van der Waals surface area contributed by atoms with Gasteiger partial charge in [-0.3, -0.25) is 9.59 Å². The molecule has 0 aliphatic rings. The maximum atomic E-state index is 12.7. The Morgan fingerprint density at radius 3 is 2.19 bits per heavy atom. The van der Waals surface area contributed by atoms with Crippen molar-refractivity contribution < 1.29 is 19.8 Å². The summed E-state index contributed by atoms with van der Waals surface area (Å²) in [6.45, 7) is 7.45. The van der Waals surface area contributed by atoms with Crippen LogP contribution in [0.25, 0.3) is 0 Å². The van der Waals surface area contributed by atoms with Gasteiger partial charge < -0.3 is 26.2 Å². The van der Waals surface area contributed by atoms with Gasteiger partial charge in [-0.1, -0.05) is 45.9 Å². The lowest BCUT2D eigenvalue weighted by molar-refractivity contribution is -0.129. The highest BCUT2D eigenvalue weighted by atomic mass is 16.3. The Balaban J connectivity index is 2.80. The summed E-state index contributed by atoms with van der Waals surface area (Å²) in [5.74, 6) is -0.392. The van der Waals surface area contributed by atoms with Crippen LogP contribution in [0.1, 0.15) is 34.1 Å². The molecule has 0 spiro atoms. The van der Waals surface area contributed by atoms with Crippen LogP contribution in [0, 0.1) is 11.8 Å². The molecule has 0 fully saturated rings. The monoisotopic (exact) mass is 385 g/mol. The zero-order valence-corrected chi connectivity index (χ0v) is 16.6. The molecule has 27 heavy (non-hydrogen) atoms. The zero-order chi connectivity index (χ0) is 20.4. The number of hydrogen-bond donors (Lipinski definition) is 5. The molecule has 2 amide bonds. The molecule has 0 bridgehead atoms. The Bertz CT molecular complexity index is 578. The van der Waals surface area contributed by atoms with Crippen LogP contribution in [0.15, 0.2) is 30.3 Å². The van der Waals surface area contributed by atoms with Gasteiger partial charge in [0, 0.05) is 12.2 Å². The first-order valence-electron chi connectivity index (χ1n) is 9.43. The van der Waals surface area contributed by atoms with E-state index in [1.54, 1.807) is 12.1 Å². The van der Waals surface area contributed by atoms with Crippen LogP contribution in [0.2, 0.25) is 0 Å². The number of amides is 2. The summed E-state index contributed by atoms with van der Waals surface area (Å²) < 4.78 is 0. The quantitative estimate of drug-likeness (QED) is 0.290. The van der Waals surface area contributed by atoms with E-state index in [4.69, 9.17) is 5.11 Å². The van der Waals surface area contributed by atoms with E-state index in [-0.39, 0.29) is 36.8 Å². The average molecular weight is 385 g/mol. The highest BCUT2D eigenvalue weighted by Crippen LogP contribution is 2.11. The average Bonchev–Trinajstić information content (AvgIpc) is 2.61. The number of carbonyl (C=O) groups excluding carboxylic acids is 2. The van der Waals surface area contributed by atoms with Crippen molar-refractivity contribution in [2.24, 2.45) is 11.8 Å². The van der Waals surface area contributed by atoms with Crippen LogP contribution in [0.3, 0.4) is 0 Å². The third-order valence-corrected chi connectivity index (χ3v) is 4.11. The number of nitrogens with one attached hydrogen (secondary N) is 3. The van der Waals surface area contributed by atoms with Gasteiger partial charge in [0.1, 0.15) is 6.04 Å². The Morgan fingerprint density at radius 2 is 1.67 bits per heavy atom. The van der Waals surface area contributed by atoms with Crippen LogP contribution in [-0.2, 0) is 9.59 Å². The largest absolute Gasteiger partial charge is 0.394 e. The molecule has 0 aliphatic carbocycles. The highest BCUT2D eigenvalue weighted by Gasteiger charge is 2.28. The van der Waals surface area contributed by atoms with Gasteiger partial charge in [-0.25, -0.2) is 0 Å².